The monoisotopic (exact) mass is 367 g/mol. The summed E-state index contributed by atoms with van der Waals surface area (Å²) in [5, 5.41) is 6.56. The van der Waals surface area contributed by atoms with E-state index in [-0.39, 0.29) is 5.91 Å². The molecule has 0 aliphatic rings. The van der Waals surface area contributed by atoms with Gasteiger partial charge in [-0.15, -0.1) is 0 Å². The summed E-state index contributed by atoms with van der Waals surface area (Å²) in [5.74, 6) is 0.914. The van der Waals surface area contributed by atoms with Crippen molar-refractivity contribution in [1.29, 1.82) is 0 Å². The molecule has 0 aliphatic carbocycles. The molecule has 2 aromatic carbocycles. The van der Waals surface area contributed by atoms with Crippen LogP contribution in [0.3, 0.4) is 0 Å². The van der Waals surface area contributed by atoms with Gasteiger partial charge in [0, 0.05) is 11.8 Å². The van der Waals surface area contributed by atoms with Gasteiger partial charge in [-0.3, -0.25) is 4.79 Å². The lowest BCUT2D eigenvalue weighted by atomic mass is 10.2. The van der Waals surface area contributed by atoms with Crippen molar-refractivity contribution in [3.63, 3.8) is 0 Å². The van der Waals surface area contributed by atoms with E-state index in [0.717, 1.165) is 5.69 Å². The smallest absolute Gasteiger partial charge is 0.255 e. The summed E-state index contributed by atoms with van der Waals surface area (Å²) in [6.45, 7) is 2.42. The molecule has 1 amide bonds. The van der Waals surface area contributed by atoms with Crippen LogP contribution in [0, 0.1) is 0 Å². The molecule has 6 heteroatoms. The summed E-state index contributed by atoms with van der Waals surface area (Å²) in [6, 6.07) is 18.0. The number of halogens is 1. The van der Waals surface area contributed by atoms with Crippen LogP contribution < -0.4 is 15.4 Å². The summed E-state index contributed by atoms with van der Waals surface area (Å²) in [6.07, 6.45) is 1.57. The summed E-state index contributed by atoms with van der Waals surface area (Å²) in [5.41, 5.74) is 1.82. The second-order valence-corrected chi connectivity index (χ2v) is 5.83. The minimum atomic E-state index is -0.248. The molecule has 3 rings (SSSR count). The predicted octanol–water partition coefficient (Wildman–Crippen LogP) is 5.13. The van der Waals surface area contributed by atoms with Gasteiger partial charge in [-0.1, -0.05) is 35.9 Å². The number of amides is 1. The van der Waals surface area contributed by atoms with Crippen LogP contribution >= 0.6 is 11.6 Å². The minimum Gasteiger partial charge on any atom is -0.492 e. The normalized spacial score (nSPS) is 10.2. The molecule has 0 atom stereocenters. The van der Waals surface area contributed by atoms with Crippen LogP contribution in [0.4, 0.5) is 17.2 Å². The predicted molar refractivity (Wildman–Crippen MR) is 105 cm³/mol. The van der Waals surface area contributed by atoms with Crippen LogP contribution in [0.25, 0.3) is 0 Å². The lowest BCUT2D eigenvalue weighted by molar-refractivity contribution is 0.102. The van der Waals surface area contributed by atoms with Gasteiger partial charge in [0.2, 0.25) is 0 Å². The van der Waals surface area contributed by atoms with Gasteiger partial charge in [-0.2, -0.15) is 0 Å². The molecular weight excluding hydrogens is 350 g/mol. The number of para-hydroxylation sites is 3. The van der Waals surface area contributed by atoms with Gasteiger partial charge < -0.3 is 15.4 Å². The Balaban J connectivity index is 1.78. The average Bonchev–Trinajstić information content (AvgIpc) is 2.66. The summed E-state index contributed by atoms with van der Waals surface area (Å²) in [4.78, 5) is 16.8. The number of rotatable bonds is 6. The zero-order valence-corrected chi connectivity index (χ0v) is 15.0. The number of hydrogen-bond acceptors (Lipinski definition) is 4. The van der Waals surface area contributed by atoms with E-state index in [4.69, 9.17) is 16.3 Å². The third-order valence-corrected chi connectivity index (χ3v) is 3.92. The number of pyridine rings is 1. The Hall–Kier alpha value is -3.05. The van der Waals surface area contributed by atoms with Crippen molar-refractivity contribution in [1.82, 2.24) is 4.98 Å². The van der Waals surface area contributed by atoms with Crippen molar-refractivity contribution in [2.75, 3.05) is 17.2 Å². The highest BCUT2D eigenvalue weighted by Gasteiger charge is 2.11. The summed E-state index contributed by atoms with van der Waals surface area (Å²) in [7, 11) is 0. The van der Waals surface area contributed by atoms with Crippen LogP contribution in [0.5, 0.6) is 5.75 Å². The summed E-state index contributed by atoms with van der Waals surface area (Å²) >= 11 is 6.15. The second-order valence-electron chi connectivity index (χ2n) is 5.42. The molecule has 0 bridgehead atoms. The van der Waals surface area contributed by atoms with Crippen molar-refractivity contribution in [3.8, 4) is 5.75 Å². The molecule has 5 nitrogen and oxygen atoms in total. The third kappa shape index (κ3) is 4.32. The van der Waals surface area contributed by atoms with Crippen LogP contribution in [0.15, 0.2) is 66.9 Å². The first-order chi connectivity index (χ1) is 12.7. The molecule has 0 unspecified atom stereocenters. The van der Waals surface area contributed by atoms with E-state index in [9.17, 15) is 4.79 Å². The lowest BCUT2D eigenvalue weighted by Crippen LogP contribution is -2.13. The molecule has 3 aromatic rings. The standard InChI is InChI=1S/C20H18ClN3O2/c1-2-26-18-10-6-5-9-17(18)24-20(25)14-11-12-22-19(13-14)23-16-8-4-3-7-15(16)21/h3-13H,2H2,1H3,(H,22,23)(H,24,25). The van der Waals surface area contributed by atoms with Gasteiger partial charge in [0.05, 0.1) is 23.0 Å². The molecule has 0 saturated carbocycles. The van der Waals surface area contributed by atoms with Crippen molar-refractivity contribution in [2.45, 2.75) is 6.92 Å². The van der Waals surface area contributed by atoms with E-state index < -0.39 is 0 Å². The van der Waals surface area contributed by atoms with Gasteiger partial charge in [0.1, 0.15) is 11.6 Å². The Kier molecular flexibility index (Phi) is 5.71. The number of anilines is 3. The number of nitrogens with zero attached hydrogens (tertiary/aromatic N) is 1. The van der Waals surface area contributed by atoms with E-state index >= 15 is 0 Å². The highest BCUT2D eigenvalue weighted by molar-refractivity contribution is 6.33. The Morgan fingerprint density at radius 2 is 1.81 bits per heavy atom. The Bertz CT molecular complexity index is 915. The Morgan fingerprint density at radius 1 is 1.08 bits per heavy atom. The molecule has 0 saturated heterocycles. The van der Waals surface area contributed by atoms with Crippen molar-refractivity contribution >= 4 is 34.7 Å². The van der Waals surface area contributed by atoms with E-state index in [1.807, 2.05) is 43.3 Å². The first kappa shape index (κ1) is 17.8. The number of aromatic nitrogens is 1. The van der Waals surface area contributed by atoms with E-state index in [1.165, 1.54) is 0 Å². The first-order valence-electron chi connectivity index (χ1n) is 8.18. The van der Waals surface area contributed by atoms with E-state index in [1.54, 1.807) is 30.5 Å². The van der Waals surface area contributed by atoms with Gasteiger partial charge in [-0.25, -0.2) is 4.98 Å². The fourth-order valence-corrected chi connectivity index (χ4v) is 2.57. The SMILES string of the molecule is CCOc1ccccc1NC(=O)c1ccnc(Nc2ccccc2Cl)c1. The van der Waals surface area contributed by atoms with Crippen LogP contribution in [-0.4, -0.2) is 17.5 Å². The third-order valence-electron chi connectivity index (χ3n) is 3.59. The largest absolute Gasteiger partial charge is 0.492 e. The lowest BCUT2D eigenvalue weighted by Gasteiger charge is -2.12. The fraction of sp³-hybridized carbons (Fsp3) is 0.100. The van der Waals surface area contributed by atoms with Gasteiger partial charge >= 0.3 is 0 Å². The fourth-order valence-electron chi connectivity index (χ4n) is 2.39. The Morgan fingerprint density at radius 3 is 2.58 bits per heavy atom. The van der Waals surface area contributed by atoms with Crippen molar-refractivity contribution < 1.29 is 9.53 Å². The van der Waals surface area contributed by atoms with Crippen LogP contribution in [0.1, 0.15) is 17.3 Å². The molecule has 0 spiro atoms. The maximum atomic E-state index is 12.6. The average molecular weight is 368 g/mol. The quantitative estimate of drug-likeness (QED) is 0.634. The van der Waals surface area contributed by atoms with Gasteiger partial charge in [0.15, 0.2) is 0 Å². The maximum Gasteiger partial charge on any atom is 0.255 e. The number of carbonyl (C=O) groups is 1. The topological polar surface area (TPSA) is 63.2 Å². The molecular formula is C20H18ClN3O2. The number of nitrogens with one attached hydrogen (secondary N) is 2. The number of benzene rings is 2. The molecule has 0 radical (unpaired) electrons. The number of hydrogen-bond donors (Lipinski definition) is 2. The van der Waals surface area contributed by atoms with Gasteiger partial charge in [-0.05, 0) is 43.3 Å². The molecule has 0 aliphatic heterocycles. The van der Waals surface area contributed by atoms with E-state index in [0.29, 0.717) is 34.4 Å². The van der Waals surface area contributed by atoms with Crippen LogP contribution in [-0.2, 0) is 0 Å². The van der Waals surface area contributed by atoms with Crippen LogP contribution in [0.2, 0.25) is 5.02 Å². The molecule has 1 aromatic heterocycles. The highest BCUT2D eigenvalue weighted by Crippen LogP contribution is 2.26. The van der Waals surface area contributed by atoms with Gasteiger partial charge in [0.25, 0.3) is 5.91 Å². The molecule has 2 N–H and O–H groups in total. The molecule has 1 heterocycles. The Labute approximate surface area is 157 Å². The number of carbonyl (C=O) groups excluding carboxylic acids is 1. The minimum absolute atomic E-state index is 0.248. The molecule has 0 fully saturated rings. The first-order valence-corrected chi connectivity index (χ1v) is 8.56. The summed E-state index contributed by atoms with van der Waals surface area (Å²) < 4.78 is 5.54. The molecule has 26 heavy (non-hydrogen) atoms. The van der Waals surface area contributed by atoms with E-state index in [2.05, 4.69) is 15.6 Å². The second kappa shape index (κ2) is 8.36. The highest BCUT2D eigenvalue weighted by atomic mass is 35.5. The van der Waals surface area contributed by atoms with Crippen molar-refractivity contribution in [3.05, 3.63) is 77.4 Å². The zero-order valence-electron chi connectivity index (χ0n) is 14.2. The molecule has 132 valence electrons. The van der Waals surface area contributed by atoms with Crippen molar-refractivity contribution in [2.24, 2.45) is 0 Å². The maximum absolute atomic E-state index is 12.6. The zero-order chi connectivity index (χ0) is 18.4. The number of ether oxygens (including phenoxy) is 1.